The fourth-order valence-electron chi connectivity index (χ4n) is 2.13. The highest BCUT2D eigenvalue weighted by molar-refractivity contribution is 7.98. The maximum atomic E-state index is 10.9. The normalized spacial score (nSPS) is 11.9. The minimum Gasteiger partial charge on any atom is -0.253 e. The zero-order chi connectivity index (χ0) is 15.3. The Labute approximate surface area is 130 Å². The highest BCUT2D eigenvalue weighted by Crippen LogP contribution is 2.22. The van der Waals surface area contributed by atoms with Crippen LogP contribution in [0.4, 0.5) is 0 Å². The van der Waals surface area contributed by atoms with Crippen LogP contribution in [0, 0.1) is 6.92 Å². The molecule has 1 heterocycles. The van der Waals surface area contributed by atoms with Gasteiger partial charge in [0.1, 0.15) is 0 Å². The summed E-state index contributed by atoms with van der Waals surface area (Å²) in [6, 6.07) is 10.3. The van der Waals surface area contributed by atoms with Crippen molar-refractivity contribution in [2.24, 2.45) is 0 Å². The van der Waals surface area contributed by atoms with E-state index in [9.17, 15) is 8.42 Å². The van der Waals surface area contributed by atoms with Crippen LogP contribution in [0.25, 0.3) is 10.9 Å². The molecule has 1 aromatic carbocycles. The van der Waals surface area contributed by atoms with E-state index in [0.717, 1.165) is 29.1 Å². The van der Waals surface area contributed by atoms with Crippen molar-refractivity contribution in [1.82, 2.24) is 9.71 Å². The number of hydrogen-bond acceptors (Lipinski definition) is 4. The molecule has 0 aliphatic rings. The van der Waals surface area contributed by atoms with Gasteiger partial charge in [0.05, 0.1) is 11.8 Å². The van der Waals surface area contributed by atoms with Gasteiger partial charge in [-0.1, -0.05) is 18.2 Å². The summed E-state index contributed by atoms with van der Waals surface area (Å²) in [5.74, 6) is 1.85. The van der Waals surface area contributed by atoms with Crippen LogP contribution in [0.5, 0.6) is 0 Å². The second-order valence-corrected chi connectivity index (χ2v) is 7.95. The molecular weight excluding hydrogens is 304 g/mol. The Kier molecular flexibility index (Phi) is 5.61. The minimum absolute atomic E-state index is 0.502. The van der Waals surface area contributed by atoms with E-state index in [1.54, 1.807) is 0 Å². The fourth-order valence-corrected chi connectivity index (χ4v) is 3.59. The minimum atomic E-state index is -3.07. The molecule has 2 aromatic rings. The quantitative estimate of drug-likeness (QED) is 0.796. The predicted molar refractivity (Wildman–Crippen MR) is 90.1 cm³/mol. The van der Waals surface area contributed by atoms with E-state index in [-0.39, 0.29) is 0 Å². The first-order valence-corrected chi connectivity index (χ1v) is 9.88. The number of fused-ring (bicyclic) bond motifs is 1. The van der Waals surface area contributed by atoms with Crippen LogP contribution in [0.15, 0.2) is 30.3 Å². The summed E-state index contributed by atoms with van der Waals surface area (Å²) >= 11 is 1.82. The molecule has 0 atom stereocenters. The molecule has 2 rings (SSSR count). The van der Waals surface area contributed by atoms with Crippen molar-refractivity contribution in [2.75, 3.05) is 18.6 Å². The monoisotopic (exact) mass is 324 g/mol. The second-order valence-electron chi connectivity index (χ2n) is 5.01. The van der Waals surface area contributed by atoms with Crippen molar-refractivity contribution in [2.45, 2.75) is 19.1 Å². The molecule has 0 saturated carbocycles. The van der Waals surface area contributed by atoms with Crippen LogP contribution in [-0.2, 0) is 15.8 Å². The van der Waals surface area contributed by atoms with Gasteiger partial charge in [0.2, 0.25) is 10.0 Å². The Morgan fingerprint density at radius 2 is 2.05 bits per heavy atom. The molecular formula is C15H20N2O2S2. The van der Waals surface area contributed by atoms with Crippen LogP contribution in [0.2, 0.25) is 0 Å². The Bertz CT molecular complexity index is 715. The smallest absolute Gasteiger partial charge is 0.208 e. The van der Waals surface area contributed by atoms with Gasteiger partial charge in [-0.3, -0.25) is 4.98 Å². The highest BCUT2D eigenvalue weighted by Gasteiger charge is 2.04. The van der Waals surface area contributed by atoms with Crippen LogP contribution < -0.4 is 4.72 Å². The van der Waals surface area contributed by atoms with Crippen LogP contribution in [-0.4, -0.2) is 32.0 Å². The molecule has 1 aromatic heterocycles. The molecule has 1 N–H and O–H groups in total. The lowest BCUT2D eigenvalue weighted by atomic mass is 10.1. The fraction of sp³-hybridized carbons (Fsp3) is 0.400. The molecule has 0 aliphatic heterocycles. The number of rotatable bonds is 7. The Balaban J connectivity index is 1.89. The van der Waals surface area contributed by atoms with Gasteiger partial charge in [-0.2, -0.15) is 11.8 Å². The van der Waals surface area contributed by atoms with Gasteiger partial charge >= 0.3 is 0 Å². The van der Waals surface area contributed by atoms with Gasteiger partial charge in [-0.15, -0.1) is 0 Å². The lowest BCUT2D eigenvalue weighted by Gasteiger charge is -2.08. The van der Waals surface area contributed by atoms with E-state index in [4.69, 9.17) is 0 Å². The van der Waals surface area contributed by atoms with Crippen LogP contribution >= 0.6 is 11.8 Å². The van der Waals surface area contributed by atoms with Crippen LogP contribution in [0.1, 0.15) is 17.7 Å². The maximum Gasteiger partial charge on any atom is 0.208 e. The first-order valence-electron chi connectivity index (χ1n) is 6.83. The van der Waals surface area contributed by atoms with E-state index in [1.165, 1.54) is 17.2 Å². The molecule has 6 heteroatoms. The van der Waals surface area contributed by atoms with Gasteiger partial charge in [0, 0.05) is 23.4 Å². The third kappa shape index (κ3) is 5.30. The molecule has 0 bridgehead atoms. The first-order chi connectivity index (χ1) is 9.96. The van der Waals surface area contributed by atoms with E-state index in [0.29, 0.717) is 6.54 Å². The number of nitrogens with one attached hydrogen (secondary N) is 1. The molecule has 0 amide bonds. The number of sulfonamides is 1. The topological polar surface area (TPSA) is 59.1 Å². The van der Waals surface area contributed by atoms with Crippen molar-refractivity contribution < 1.29 is 8.42 Å². The highest BCUT2D eigenvalue weighted by atomic mass is 32.2. The van der Waals surface area contributed by atoms with E-state index in [2.05, 4.69) is 21.8 Å². The number of aryl methyl sites for hydroxylation is 1. The molecule has 0 radical (unpaired) electrons. The van der Waals surface area contributed by atoms with Crippen molar-refractivity contribution in [3.63, 3.8) is 0 Å². The summed E-state index contributed by atoms with van der Waals surface area (Å²) in [6.45, 7) is 2.51. The first kappa shape index (κ1) is 16.3. The molecule has 0 saturated heterocycles. The van der Waals surface area contributed by atoms with Crippen molar-refractivity contribution in [1.29, 1.82) is 0 Å². The number of pyridine rings is 1. The summed E-state index contributed by atoms with van der Waals surface area (Å²) < 4.78 is 24.4. The summed E-state index contributed by atoms with van der Waals surface area (Å²) in [4.78, 5) is 4.54. The van der Waals surface area contributed by atoms with Crippen LogP contribution in [0.3, 0.4) is 0 Å². The maximum absolute atomic E-state index is 10.9. The largest absolute Gasteiger partial charge is 0.253 e. The number of benzene rings is 1. The van der Waals surface area contributed by atoms with E-state index in [1.807, 2.05) is 36.9 Å². The summed E-state index contributed by atoms with van der Waals surface area (Å²) in [5, 5.41) is 1.20. The van der Waals surface area contributed by atoms with Crippen molar-refractivity contribution in [3.05, 3.63) is 41.6 Å². The van der Waals surface area contributed by atoms with Crippen molar-refractivity contribution in [3.8, 4) is 0 Å². The Morgan fingerprint density at radius 1 is 1.29 bits per heavy atom. The lowest BCUT2D eigenvalue weighted by Crippen LogP contribution is -2.23. The summed E-state index contributed by atoms with van der Waals surface area (Å²) in [5.41, 5.74) is 3.36. The molecule has 0 fully saturated rings. The number of nitrogens with zero attached hydrogens (tertiary/aromatic N) is 1. The molecule has 0 unspecified atom stereocenters. The van der Waals surface area contributed by atoms with E-state index < -0.39 is 10.0 Å². The number of thioether (sulfide) groups is 1. The van der Waals surface area contributed by atoms with Gasteiger partial charge < -0.3 is 0 Å². The Hall–Kier alpha value is -1.11. The van der Waals surface area contributed by atoms with Gasteiger partial charge in [-0.05, 0) is 36.8 Å². The number of aromatic nitrogens is 1. The van der Waals surface area contributed by atoms with Gasteiger partial charge in [0.25, 0.3) is 0 Å². The summed E-state index contributed by atoms with van der Waals surface area (Å²) in [6.07, 6.45) is 2.02. The molecule has 4 nitrogen and oxygen atoms in total. The standard InChI is InChI=1S/C15H20N2O2S2/c1-12-10-13(14-6-3-4-7-15(14)17-12)11-20-9-5-8-16-21(2,18)19/h3-4,6-7,10,16H,5,8-9,11H2,1-2H3. The lowest BCUT2D eigenvalue weighted by molar-refractivity contribution is 0.587. The van der Waals surface area contributed by atoms with Gasteiger partial charge in [0.15, 0.2) is 0 Å². The number of para-hydroxylation sites is 1. The van der Waals surface area contributed by atoms with Gasteiger partial charge in [-0.25, -0.2) is 13.1 Å². The average Bonchev–Trinajstić information content (AvgIpc) is 2.41. The molecule has 0 spiro atoms. The molecule has 21 heavy (non-hydrogen) atoms. The third-order valence-corrected chi connectivity index (χ3v) is 4.84. The van der Waals surface area contributed by atoms with E-state index >= 15 is 0 Å². The number of hydrogen-bond donors (Lipinski definition) is 1. The summed E-state index contributed by atoms with van der Waals surface area (Å²) in [7, 11) is -3.07. The molecule has 0 aliphatic carbocycles. The zero-order valence-electron chi connectivity index (χ0n) is 12.3. The average molecular weight is 324 g/mol. The second kappa shape index (κ2) is 7.24. The predicted octanol–water partition coefficient (Wildman–Crippen LogP) is 2.72. The molecule has 114 valence electrons. The SMILES string of the molecule is Cc1cc(CSCCCNS(C)(=O)=O)c2ccccc2n1. The third-order valence-electron chi connectivity index (χ3n) is 3.02. The van der Waals surface area contributed by atoms with Crippen molar-refractivity contribution >= 4 is 32.7 Å². The zero-order valence-corrected chi connectivity index (χ0v) is 13.9. The Morgan fingerprint density at radius 3 is 2.81 bits per heavy atom.